The SMILES string of the molecule is CN1CCC(Cc2cnc(Br)cn2)C1. The highest BCUT2D eigenvalue weighted by molar-refractivity contribution is 9.10. The number of halogens is 1. The average Bonchev–Trinajstić information content (AvgIpc) is 2.56. The van der Waals surface area contributed by atoms with Crippen molar-refractivity contribution in [3.8, 4) is 0 Å². The lowest BCUT2D eigenvalue weighted by Gasteiger charge is -2.09. The molecule has 1 aromatic heterocycles. The van der Waals surface area contributed by atoms with Gasteiger partial charge in [0.15, 0.2) is 0 Å². The molecule has 1 atom stereocenters. The Balaban J connectivity index is 1.94. The summed E-state index contributed by atoms with van der Waals surface area (Å²) in [6.45, 7) is 2.41. The molecule has 2 heterocycles. The van der Waals surface area contributed by atoms with Crippen LogP contribution in [0.25, 0.3) is 0 Å². The fourth-order valence-corrected chi connectivity index (χ4v) is 2.14. The van der Waals surface area contributed by atoms with Gasteiger partial charge < -0.3 is 4.90 Å². The van der Waals surface area contributed by atoms with Crippen LogP contribution >= 0.6 is 15.9 Å². The molecule has 4 heteroatoms. The Kier molecular flexibility index (Phi) is 3.13. The van der Waals surface area contributed by atoms with Gasteiger partial charge >= 0.3 is 0 Å². The quantitative estimate of drug-likeness (QED) is 0.807. The summed E-state index contributed by atoms with van der Waals surface area (Å²) in [6.07, 6.45) is 5.98. The van der Waals surface area contributed by atoms with Crippen molar-refractivity contribution in [1.29, 1.82) is 0 Å². The molecule has 1 unspecified atom stereocenters. The largest absolute Gasteiger partial charge is 0.306 e. The van der Waals surface area contributed by atoms with Gasteiger partial charge in [0.05, 0.1) is 11.9 Å². The summed E-state index contributed by atoms with van der Waals surface area (Å²) < 4.78 is 0.810. The molecule has 1 aliphatic rings. The molecule has 0 aliphatic carbocycles. The number of rotatable bonds is 2. The number of nitrogens with zero attached hydrogens (tertiary/aromatic N) is 3. The summed E-state index contributed by atoms with van der Waals surface area (Å²) in [5, 5.41) is 0. The Morgan fingerprint density at radius 3 is 2.93 bits per heavy atom. The van der Waals surface area contributed by atoms with Crippen molar-refractivity contribution in [2.45, 2.75) is 12.8 Å². The molecule has 0 bridgehead atoms. The summed E-state index contributed by atoms with van der Waals surface area (Å²) in [5.74, 6) is 0.760. The van der Waals surface area contributed by atoms with Gasteiger partial charge in [0.1, 0.15) is 4.60 Å². The zero-order valence-corrected chi connectivity index (χ0v) is 9.87. The fourth-order valence-electron chi connectivity index (χ4n) is 1.93. The highest BCUT2D eigenvalue weighted by Gasteiger charge is 2.19. The van der Waals surface area contributed by atoms with E-state index in [1.54, 1.807) is 6.20 Å². The van der Waals surface area contributed by atoms with Gasteiger partial charge in [0.2, 0.25) is 0 Å². The van der Waals surface area contributed by atoms with Crippen LogP contribution in [0.5, 0.6) is 0 Å². The first-order valence-corrected chi connectivity index (χ1v) is 5.68. The molecule has 0 aromatic carbocycles. The van der Waals surface area contributed by atoms with Crippen LogP contribution in [-0.2, 0) is 6.42 Å². The van der Waals surface area contributed by atoms with Gasteiger partial charge in [-0.05, 0) is 48.3 Å². The van der Waals surface area contributed by atoms with Crippen LogP contribution in [0, 0.1) is 5.92 Å². The number of likely N-dealkylation sites (tertiary alicyclic amines) is 1. The van der Waals surface area contributed by atoms with Gasteiger partial charge in [-0.15, -0.1) is 0 Å². The summed E-state index contributed by atoms with van der Waals surface area (Å²) in [4.78, 5) is 10.9. The fraction of sp³-hybridized carbons (Fsp3) is 0.600. The van der Waals surface area contributed by atoms with E-state index < -0.39 is 0 Å². The predicted octanol–water partition coefficient (Wildman–Crippen LogP) is 1.73. The topological polar surface area (TPSA) is 29.0 Å². The van der Waals surface area contributed by atoms with Crippen molar-refractivity contribution < 1.29 is 0 Å². The van der Waals surface area contributed by atoms with Crippen molar-refractivity contribution in [1.82, 2.24) is 14.9 Å². The second-order valence-electron chi connectivity index (χ2n) is 3.95. The Morgan fingerprint density at radius 1 is 1.50 bits per heavy atom. The minimum absolute atomic E-state index is 0.760. The van der Waals surface area contributed by atoms with E-state index in [9.17, 15) is 0 Å². The zero-order valence-electron chi connectivity index (χ0n) is 8.28. The van der Waals surface area contributed by atoms with E-state index in [-0.39, 0.29) is 0 Å². The molecule has 0 spiro atoms. The molecular formula is C10H14BrN3. The Labute approximate surface area is 92.7 Å². The Morgan fingerprint density at radius 2 is 2.36 bits per heavy atom. The molecule has 3 nitrogen and oxygen atoms in total. The molecule has 2 rings (SSSR count). The molecular weight excluding hydrogens is 242 g/mol. The minimum atomic E-state index is 0.760. The van der Waals surface area contributed by atoms with Crippen LogP contribution in [0.2, 0.25) is 0 Å². The first kappa shape index (κ1) is 10.1. The second kappa shape index (κ2) is 4.36. The maximum atomic E-state index is 4.34. The van der Waals surface area contributed by atoms with Crippen LogP contribution in [0.3, 0.4) is 0 Å². The standard InChI is InChI=1S/C10H14BrN3/c1-14-3-2-8(7-14)4-9-5-13-10(11)6-12-9/h5-6,8H,2-4,7H2,1H3. The highest BCUT2D eigenvalue weighted by Crippen LogP contribution is 2.18. The molecule has 1 aliphatic heterocycles. The van der Waals surface area contributed by atoms with Crippen molar-refractivity contribution in [2.75, 3.05) is 20.1 Å². The summed E-state index contributed by atoms with van der Waals surface area (Å²) in [5.41, 5.74) is 1.11. The van der Waals surface area contributed by atoms with Gasteiger partial charge in [0.25, 0.3) is 0 Å². The van der Waals surface area contributed by atoms with E-state index in [2.05, 4.69) is 37.8 Å². The molecule has 0 amide bonds. The maximum absolute atomic E-state index is 4.34. The van der Waals surface area contributed by atoms with Gasteiger partial charge in [0, 0.05) is 12.7 Å². The molecule has 76 valence electrons. The third-order valence-electron chi connectivity index (χ3n) is 2.66. The van der Waals surface area contributed by atoms with Gasteiger partial charge in [-0.2, -0.15) is 0 Å². The molecule has 14 heavy (non-hydrogen) atoms. The third kappa shape index (κ3) is 2.51. The van der Waals surface area contributed by atoms with E-state index in [0.29, 0.717) is 0 Å². The maximum Gasteiger partial charge on any atom is 0.124 e. The lowest BCUT2D eigenvalue weighted by molar-refractivity contribution is 0.393. The Hall–Kier alpha value is -0.480. The summed E-state index contributed by atoms with van der Waals surface area (Å²) in [7, 11) is 2.17. The van der Waals surface area contributed by atoms with Gasteiger partial charge in [-0.25, -0.2) is 4.98 Å². The summed E-state index contributed by atoms with van der Waals surface area (Å²) in [6, 6.07) is 0. The molecule has 0 N–H and O–H groups in total. The lowest BCUT2D eigenvalue weighted by atomic mass is 10.0. The minimum Gasteiger partial charge on any atom is -0.306 e. The van der Waals surface area contributed by atoms with Crippen molar-refractivity contribution in [3.05, 3.63) is 22.7 Å². The van der Waals surface area contributed by atoms with Crippen LogP contribution < -0.4 is 0 Å². The predicted molar refractivity (Wildman–Crippen MR) is 59.0 cm³/mol. The first-order valence-electron chi connectivity index (χ1n) is 4.89. The summed E-state index contributed by atoms with van der Waals surface area (Å²) >= 11 is 3.29. The Bertz CT molecular complexity index is 299. The average molecular weight is 256 g/mol. The van der Waals surface area contributed by atoms with E-state index in [0.717, 1.165) is 22.6 Å². The third-order valence-corrected chi connectivity index (χ3v) is 3.07. The lowest BCUT2D eigenvalue weighted by Crippen LogP contribution is -2.15. The van der Waals surface area contributed by atoms with Crippen LogP contribution in [0.1, 0.15) is 12.1 Å². The zero-order chi connectivity index (χ0) is 9.97. The first-order chi connectivity index (χ1) is 6.74. The van der Waals surface area contributed by atoms with Gasteiger partial charge in [-0.1, -0.05) is 0 Å². The van der Waals surface area contributed by atoms with E-state index >= 15 is 0 Å². The van der Waals surface area contributed by atoms with Crippen LogP contribution in [-0.4, -0.2) is 35.0 Å². The molecule has 1 aromatic rings. The molecule has 1 saturated heterocycles. The highest BCUT2D eigenvalue weighted by atomic mass is 79.9. The van der Waals surface area contributed by atoms with Crippen molar-refractivity contribution in [3.63, 3.8) is 0 Å². The number of hydrogen-bond acceptors (Lipinski definition) is 3. The second-order valence-corrected chi connectivity index (χ2v) is 4.76. The van der Waals surface area contributed by atoms with Crippen LogP contribution in [0.15, 0.2) is 17.0 Å². The molecule has 1 fully saturated rings. The normalized spacial score (nSPS) is 22.9. The van der Waals surface area contributed by atoms with Crippen molar-refractivity contribution >= 4 is 15.9 Å². The van der Waals surface area contributed by atoms with Crippen molar-refractivity contribution in [2.24, 2.45) is 5.92 Å². The van der Waals surface area contributed by atoms with Crippen LogP contribution in [0.4, 0.5) is 0 Å². The molecule has 0 saturated carbocycles. The number of hydrogen-bond donors (Lipinski definition) is 0. The van der Waals surface area contributed by atoms with E-state index in [1.807, 2.05) is 6.20 Å². The van der Waals surface area contributed by atoms with E-state index in [4.69, 9.17) is 0 Å². The van der Waals surface area contributed by atoms with Gasteiger partial charge in [-0.3, -0.25) is 4.98 Å². The van der Waals surface area contributed by atoms with E-state index in [1.165, 1.54) is 19.5 Å². The number of aromatic nitrogens is 2. The molecule has 0 radical (unpaired) electrons. The monoisotopic (exact) mass is 255 g/mol. The smallest absolute Gasteiger partial charge is 0.124 e.